The predicted molar refractivity (Wildman–Crippen MR) is 191 cm³/mol. The second kappa shape index (κ2) is 16.9. The lowest BCUT2D eigenvalue weighted by atomic mass is 10.0. The number of aryl methyl sites for hydroxylation is 1. The first-order chi connectivity index (χ1) is 23.5. The van der Waals surface area contributed by atoms with Gasteiger partial charge in [-0.15, -0.1) is 0 Å². The summed E-state index contributed by atoms with van der Waals surface area (Å²) in [6.45, 7) is 5.10. The number of carbonyl (C=O) groups excluding carboxylic acids is 2. The molecular weight excluding hydrogens is 642 g/mol. The molecule has 260 valence electrons. The van der Waals surface area contributed by atoms with E-state index in [0.29, 0.717) is 23.5 Å². The van der Waals surface area contributed by atoms with Gasteiger partial charge in [0.15, 0.2) is 0 Å². The van der Waals surface area contributed by atoms with Gasteiger partial charge in [-0.05, 0) is 67.8 Å². The Bertz CT molecular complexity index is 1820. The summed E-state index contributed by atoms with van der Waals surface area (Å²) in [5, 5.41) is 3.05. The largest absolute Gasteiger partial charge is 0.497 e. The SMILES string of the molecule is CC[C@@H](C)NC(=O)[C@@H](Cc1ccccc1)N(Cc1cccc(OC)c1)C(=O)CN(c1cc(OC)ccc1OC)S(=O)(=O)c1ccc(C)cc1. The van der Waals surface area contributed by atoms with Gasteiger partial charge in [-0.25, -0.2) is 8.42 Å². The molecule has 4 rings (SSSR count). The molecular formula is C38H45N3O7S. The van der Waals surface area contributed by atoms with Crippen molar-refractivity contribution in [2.45, 2.75) is 57.1 Å². The van der Waals surface area contributed by atoms with Gasteiger partial charge in [0.1, 0.15) is 29.8 Å². The number of hydrogen-bond acceptors (Lipinski definition) is 7. The maximum atomic E-state index is 14.8. The quantitative estimate of drug-likeness (QED) is 0.159. The second-order valence-electron chi connectivity index (χ2n) is 11.8. The van der Waals surface area contributed by atoms with Crippen molar-refractivity contribution in [3.63, 3.8) is 0 Å². The Hall–Kier alpha value is -5.03. The van der Waals surface area contributed by atoms with E-state index in [1.807, 2.05) is 57.2 Å². The number of benzene rings is 4. The number of rotatable bonds is 16. The molecule has 0 heterocycles. The van der Waals surface area contributed by atoms with Gasteiger partial charge >= 0.3 is 0 Å². The van der Waals surface area contributed by atoms with Gasteiger partial charge in [0.25, 0.3) is 10.0 Å². The van der Waals surface area contributed by atoms with Crippen LogP contribution in [0.2, 0.25) is 0 Å². The summed E-state index contributed by atoms with van der Waals surface area (Å²) in [5.41, 5.74) is 2.53. The van der Waals surface area contributed by atoms with Crippen molar-refractivity contribution in [2.75, 3.05) is 32.2 Å². The second-order valence-corrected chi connectivity index (χ2v) is 13.6. The van der Waals surface area contributed by atoms with Crippen LogP contribution in [0.1, 0.15) is 37.0 Å². The average Bonchev–Trinajstić information content (AvgIpc) is 3.12. The Morgan fingerprint density at radius 2 is 1.45 bits per heavy atom. The van der Waals surface area contributed by atoms with Crippen molar-refractivity contribution in [3.8, 4) is 17.2 Å². The lowest BCUT2D eigenvalue weighted by molar-refractivity contribution is -0.140. The molecule has 10 nitrogen and oxygen atoms in total. The molecule has 0 saturated carbocycles. The highest BCUT2D eigenvalue weighted by atomic mass is 32.2. The molecule has 0 spiro atoms. The van der Waals surface area contributed by atoms with Crippen molar-refractivity contribution in [2.24, 2.45) is 0 Å². The molecule has 2 amide bonds. The standard InChI is InChI=1S/C38H45N3O7S/c1-7-28(3)39-38(43)35(23-29-12-9-8-10-13-29)40(25-30-14-11-15-31(22-30)46-4)37(42)26-41(34-24-32(47-5)18-21-36(34)48-6)49(44,45)33-19-16-27(2)17-20-33/h8-22,24,28,35H,7,23,25-26H2,1-6H3,(H,39,43)/t28-,35-/m1/s1. The number of nitrogens with one attached hydrogen (secondary N) is 1. The number of methoxy groups -OCH3 is 3. The fourth-order valence-electron chi connectivity index (χ4n) is 5.31. The van der Waals surface area contributed by atoms with Crippen molar-refractivity contribution in [1.82, 2.24) is 10.2 Å². The van der Waals surface area contributed by atoms with Crippen LogP contribution in [0.25, 0.3) is 0 Å². The van der Waals surface area contributed by atoms with E-state index < -0.39 is 28.5 Å². The zero-order chi connectivity index (χ0) is 35.6. The molecule has 0 aliphatic carbocycles. The summed E-state index contributed by atoms with van der Waals surface area (Å²) in [5.74, 6) is 0.234. The molecule has 0 unspecified atom stereocenters. The maximum absolute atomic E-state index is 14.8. The highest BCUT2D eigenvalue weighted by Gasteiger charge is 2.36. The van der Waals surface area contributed by atoms with E-state index in [2.05, 4.69) is 5.32 Å². The number of sulfonamides is 1. The van der Waals surface area contributed by atoms with Crippen molar-refractivity contribution < 1.29 is 32.2 Å². The highest BCUT2D eigenvalue weighted by molar-refractivity contribution is 7.92. The molecule has 0 radical (unpaired) electrons. The number of amides is 2. The summed E-state index contributed by atoms with van der Waals surface area (Å²) in [6.07, 6.45) is 0.887. The Labute approximate surface area is 289 Å². The molecule has 1 N–H and O–H groups in total. The minimum absolute atomic E-state index is 0.00883. The normalized spacial score (nSPS) is 12.4. The fourth-order valence-corrected chi connectivity index (χ4v) is 6.72. The summed E-state index contributed by atoms with van der Waals surface area (Å²) in [4.78, 5) is 30.3. The number of hydrogen-bond donors (Lipinski definition) is 1. The molecule has 4 aromatic carbocycles. The van der Waals surface area contributed by atoms with Crippen LogP contribution in [0.3, 0.4) is 0 Å². The molecule has 0 aromatic heterocycles. The van der Waals surface area contributed by atoms with Gasteiger partial charge in [-0.1, -0.05) is 67.1 Å². The van der Waals surface area contributed by atoms with Crippen LogP contribution >= 0.6 is 0 Å². The van der Waals surface area contributed by atoms with E-state index in [1.165, 1.54) is 37.3 Å². The summed E-state index contributed by atoms with van der Waals surface area (Å²) in [7, 11) is 0.105. The van der Waals surface area contributed by atoms with Gasteiger partial charge in [0.05, 0.1) is 31.9 Å². The summed E-state index contributed by atoms with van der Waals surface area (Å²) in [6, 6.07) is 26.6. The zero-order valence-electron chi connectivity index (χ0n) is 28.9. The van der Waals surface area contributed by atoms with E-state index in [-0.39, 0.29) is 41.2 Å². The van der Waals surface area contributed by atoms with Crippen LogP contribution < -0.4 is 23.8 Å². The van der Waals surface area contributed by atoms with E-state index in [4.69, 9.17) is 14.2 Å². The van der Waals surface area contributed by atoms with Gasteiger partial charge in [0.2, 0.25) is 11.8 Å². The molecule has 0 fully saturated rings. The minimum atomic E-state index is -4.34. The molecule has 0 saturated heterocycles. The molecule has 49 heavy (non-hydrogen) atoms. The lowest BCUT2D eigenvalue weighted by Crippen LogP contribution is -2.54. The molecule has 0 aliphatic rings. The topological polar surface area (TPSA) is 114 Å². The molecule has 4 aromatic rings. The highest BCUT2D eigenvalue weighted by Crippen LogP contribution is 2.36. The molecule has 11 heteroatoms. The average molecular weight is 688 g/mol. The Balaban J connectivity index is 1.88. The van der Waals surface area contributed by atoms with Crippen LogP contribution in [-0.2, 0) is 32.6 Å². The number of carbonyl (C=O) groups is 2. The number of ether oxygens (including phenoxy) is 3. The third-order valence-corrected chi connectivity index (χ3v) is 10.1. The summed E-state index contributed by atoms with van der Waals surface area (Å²) < 4.78 is 46.4. The van der Waals surface area contributed by atoms with Crippen LogP contribution in [0, 0.1) is 6.92 Å². The first kappa shape index (κ1) is 36.8. The lowest BCUT2D eigenvalue weighted by Gasteiger charge is -2.34. The third-order valence-electron chi connectivity index (χ3n) is 8.30. The van der Waals surface area contributed by atoms with Gasteiger partial charge in [0, 0.05) is 25.1 Å². The Morgan fingerprint density at radius 3 is 2.08 bits per heavy atom. The van der Waals surface area contributed by atoms with E-state index in [9.17, 15) is 18.0 Å². The minimum Gasteiger partial charge on any atom is -0.497 e. The smallest absolute Gasteiger partial charge is 0.264 e. The van der Waals surface area contributed by atoms with Crippen molar-refractivity contribution >= 4 is 27.5 Å². The van der Waals surface area contributed by atoms with Crippen molar-refractivity contribution in [1.29, 1.82) is 0 Å². The van der Waals surface area contributed by atoms with E-state index >= 15 is 0 Å². The van der Waals surface area contributed by atoms with Gasteiger partial charge in [-0.3, -0.25) is 13.9 Å². The van der Waals surface area contributed by atoms with Gasteiger partial charge in [-0.2, -0.15) is 0 Å². The monoisotopic (exact) mass is 687 g/mol. The third kappa shape index (κ3) is 9.32. The zero-order valence-corrected chi connectivity index (χ0v) is 29.7. The molecule has 0 aliphatic heterocycles. The first-order valence-electron chi connectivity index (χ1n) is 16.1. The fraction of sp³-hybridized carbons (Fsp3) is 0.316. The predicted octanol–water partition coefficient (Wildman–Crippen LogP) is 5.77. The van der Waals surface area contributed by atoms with Crippen LogP contribution in [-0.4, -0.2) is 65.1 Å². The Morgan fingerprint density at radius 1 is 0.796 bits per heavy atom. The van der Waals surface area contributed by atoms with Crippen LogP contribution in [0.5, 0.6) is 17.2 Å². The Kier molecular flexibility index (Phi) is 12.7. The van der Waals surface area contributed by atoms with Crippen molar-refractivity contribution in [3.05, 3.63) is 114 Å². The van der Waals surface area contributed by atoms with Crippen LogP contribution in [0.15, 0.2) is 102 Å². The van der Waals surface area contributed by atoms with E-state index in [1.54, 1.807) is 49.6 Å². The number of anilines is 1. The van der Waals surface area contributed by atoms with Crippen LogP contribution in [0.4, 0.5) is 5.69 Å². The van der Waals surface area contributed by atoms with Gasteiger partial charge < -0.3 is 24.4 Å². The summed E-state index contributed by atoms with van der Waals surface area (Å²) >= 11 is 0. The number of nitrogens with zero attached hydrogens (tertiary/aromatic N) is 2. The maximum Gasteiger partial charge on any atom is 0.264 e. The van der Waals surface area contributed by atoms with E-state index in [0.717, 1.165) is 15.4 Å². The first-order valence-corrected chi connectivity index (χ1v) is 17.5. The molecule has 2 atom stereocenters. The molecule has 0 bridgehead atoms.